The number of alkyl halides is 3. The number of imide groups is 1. The highest BCUT2D eigenvalue weighted by atomic mass is 19.4. The van der Waals surface area contributed by atoms with Gasteiger partial charge >= 0.3 is 12.4 Å². The van der Waals surface area contributed by atoms with Crippen LogP contribution >= 0.6 is 0 Å². The molecular weight excluding hydrogens is 393 g/mol. The Bertz CT molecular complexity index is 899. The van der Waals surface area contributed by atoms with Gasteiger partial charge in [0, 0.05) is 6.54 Å². The maximum atomic E-state index is 13.0. The molecule has 1 aromatic carbocycles. The highest BCUT2D eigenvalue weighted by molar-refractivity contribution is 6.07. The van der Waals surface area contributed by atoms with Crippen LogP contribution in [0.25, 0.3) is 0 Å². The first-order chi connectivity index (χ1) is 13.6. The lowest BCUT2D eigenvalue weighted by Crippen LogP contribution is -2.40. The Balaban J connectivity index is 1.78. The third-order valence-corrected chi connectivity index (χ3v) is 4.57. The summed E-state index contributed by atoms with van der Waals surface area (Å²) < 4.78 is 42.3. The Hall–Kier alpha value is -3.18. The van der Waals surface area contributed by atoms with Crippen LogP contribution in [0.15, 0.2) is 24.3 Å². The molecule has 1 saturated heterocycles. The summed E-state index contributed by atoms with van der Waals surface area (Å²) in [6, 6.07) is 4.13. The predicted octanol–water partition coefficient (Wildman–Crippen LogP) is 2.34. The van der Waals surface area contributed by atoms with E-state index in [-0.39, 0.29) is 6.54 Å². The first-order valence-electron chi connectivity index (χ1n) is 8.89. The van der Waals surface area contributed by atoms with Crippen LogP contribution in [0, 0.1) is 0 Å². The predicted molar refractivity (Wildman–Crippen MR) is 92.3 cm³/mol. The first-order valence-corrected chi connectivity index (χ1v) is 8.89. The average molecular weight is 412 g/mol. The molecule has 0 radical (unpaired) electrons. The van der Waals surface area contributed by atoms with Gasteiger partial charge in [-0.3, -0.25) is 9.69 Å². The zero-order valence-electron chi connectivity index (χ0n) is 15.7. The van der Waals surface area contributed by atoms with E-state index in [1.165, 1.54) is 23.7 Å². The maximum absolute atomic E-state index is 13.0. The SMILES string of the molecule is CCCCn1nnnc1CN1C(=O)NC(C)(c2ccc(OC(F)(F)F)cc2)C1=O. The van der Waals surface area contributed by atoms with Crippen LogP contribution in [0.3, 0.4) is 0 Å². The quantitative estimate of drug-likeness (QED) is 0.701. The van der Waals surface area contributed by atoms with E-state index in [4.69, 9.17) is 0 Å². The number of aryl methyl sites for hydroxylation is 1. The molecule has 0 bridgehead atoms. The molecule has 3 amide bonds. The number of aromatic nitrogens is 4. The fraction of sp³-hybridized carbons (Fsp3) is 0.471. The molecular formula is C17H19F3N6O3. The molecule has 12 heteroatoms. The summed E-state index contributed by atoms with van der Waals surface area (Å²) in [5.41, 5.74) is -1.12. The van der Waals surface area contributed by atoms with Crippen LogP contribution < -0.4 is 10.1 Å². The van der Waals surface area contributed by atoms with Gasteiger partial charge in [-0.25, -0.2) is 9.48 Å². The van der Waals surface area contributed by atoms with E-state index in [1.54, 1.807) is 0 Å². The van der Waals surface area contributed by atoms with Crippen molar-refractivity contribution in [2.45, 2.75) is 51.7 Å². The molecule has 3 rings (SSSR count). The molecule has 0 aliphatic carbocycles. The number of tetrazole rings is 1. The third kappa shape index (κ3) is 4.30. The van der Waals surface area contributed by atoms with Crippen LogP contribution in [-0.4, -0.2) is 43.4 Å². The smallest absolute Gasteiger partial charge is 0.406 e. The fourth-order valence-electron chi connectivity index (χ4n) is 2.99. The Kier molecular flexibility index (Phi) is 5.44. The van der Waals surface area contributed by atoms with E-state index in [2.05, 4.69) is 25.6 Å². The number of nitrogens with zero attached hydrogens (tertiary/aromatic N) is 5. The summed E-state index contributed by atoms with van der Waals surface area (Å²) in [6.45, 7) is 3.93. The molecule has 1 atom stereocenters. The van der Waals surface area contributed by atoms with E-state index >= 15 is 0 Å². The van der Waals surface area contributed by atoms with Crippen molar-refractivity contribution in [1.29, 1.82) is 0 Å². The second kappa shape index (κ2) is 7.68. The maximum Gasteiger partial charge on any atom is 0.573 e. The molecule has 1 N–H and O–H groups in total. The van der Waals surface area contributed by atoms with Crippen LogP contribution in [0.4, 0.5) is 18.0 Å². The van der Waals surface area contributed by atoms with Crippen molar-refractivity contribution >= 4 is 11.9 Å². The van der Waals surface area contributed by atoms with E-state index in [1.807, 2.05) is 6.92 Å². The molecule has 0 spiro atoms. The summed E-state index contributed by atoms with van der Waals surface area (Å²) in [5.74, 6) is -0.620. The lowest BCUT2D eigenvalue weighted by Gasteiger charge is -2.22. The van der Waals surface area contributed by atoms with Gasteiger partial charge < -0.3 is 10.1 Å². The van der Waals surface area contributed by atoms with Gasteiger partial charge in [-0.05, 0) is 41.5 Å². The van der Waals surface area contributed by atoms with Gasteiger partial charge in [0.1, 0.15) is 11.3 Å². The molecule has 1 fully saturated rings. The van der Waals surface area contributed by atoms with Gasteiger partial charge in [-0.2, -0.15) is 0 Å². The number of halogens is 3. The summed E-state index contributed by atoms with van der Waals surface area (Å²) >= 11 is 0. The van der Waals surface area contributed by atoms with Crippen LogP contribution in [0.1, 0.15) is 38.1 Å². The average Bonchev–Trinajstić information content (AvgIpc) is 3.17. The largest absolute Gasteiger partial charge is 0.573 e. The number of amides is 3. The van der Waals surface area contributed by atoms with E-state index in [0.29, 0.717) is 17.9 Å². The van der Waals surface area contributed by atoms with Crippen molar-refractivity contribution in [1.82, 2.24) is 30.4 Å². The second-order valence-electron chi connectivity index (χ2n) is 6.69. The number of carbonyl (C=O) groups excluding carboxylic acids is 2. The van der Waals surface area contributed by atoms with Crippen molar-refractivity contribution in [2.75, 3.05) is 0 Å². The van der Waals surface area contributed by atoms with Gasteiger partial charge in [-0.1, -0.05) is 25.5 Å². The molecule has 1 aliphatic rings. The highest BCUT2D eigenvalue weighted by Gasteiger charge is 2.49. The summed E-state index contributed by atoms with van der Waals surface area (Å²) in [6.07, 6.45) is -3.06. The Morgan fingerprint density at radius 2 is 1.90 bits per heavy atom. The number of unbranched alkanes of at least 4 members (excludes halogenated alkanes) is 1. The normalized spacial score (nSPS) is 19.6. The number of carbonyl (C=O) groups is 2. The molecule has 1 aliphatic heterocycles. The molecule has 29 heavy (non-hydrogen) atoms. The lowest BCUT2D eigenvalue weighted by atomic mass is 9.92. The van der Waals surface area contributed by atoms with Crippen molar-refractivity contribution in [3.8, 4) is 5.75 Å². The Labute approximate surface area is 163 Å². The van der Waals surface area contributed by atoms with Crippen LogP contribution in [0.2, 0.25) is 0 Å². The summed E-state index contributed by atoms with van der Waals surface area (Å²) in [7, 11) is 0. The Morgan fingerprint density at radius 1 is 1.21 bits per heavy atom. The van der Waals surface area contributed by atoms with Crippen molar-refractivity contribution in [3.63, 3.8) is 0 Å². The number of urea groups is 1. The van der Waals surface area contributed by atoms with Gasteiger partial charge in [0.2, 0.25) is 0 Å². The lowest BCUT2D eigenvalue weighted by molar-refractivity contribution is -0.274. The monoisotopic (exact) mass is 412 g/mol. The minimum Gasteiger partial charge on any atom is -0.406 e. The molecule has 1 unspecified atom stereocenters. The minimum atomic E-state index is -4.82. The van der Waals surface area contributed by atoms with E-state index in [9.17, 15) is 22.8 Å². The molecule has 156 valence electrons. The van der Waals surface area contributed by atoms with E-state index < -0.39 is 29.6 Å². The molecule has 2 aromatic rings. The molecule has 9 nitrogen and oxygen atoms in total. The second-order valence-corrected chi connectivity index (χ2v) is 6.69. The van der Waals surface area contributed by atoms with Crippen LogP contribution in [0.5, 0.6) is 5.75 Å². The van der Waals surface area contributed by atoms with E-state index in [0.717, 1.165) is 29.9 Å². The fourth-order valence-corrected chi connectivity index (χ4v) is 2.99. The van der Waals surface area contributed by atoms with Crippen LogP contribution in [-0.2, 0) is 23.4 Å². The number of hydrogen-bond acceptors (Lipinski definition) is 6. The molecule has 1 aromatic heterocycles. The van der Waals surface area contributed by atoms with Gasteiger partial charge in [-0.15, -0.1) is 18.3 Å². The number of benzene rings is 1. The topological polar surface area (TPSA) is 102 Å². The number of nitrogens with one attached hydrogen (secondary N) is 1. The van der Waals surface area contributed by atoms with Gasteiger partial charge in [0.15, 0.2) is 5.82 Å². The number of ether oxygens (including phenoxy) is 1. The molecule has 2 heterocycles. The minimum absolute atomic E-state index is 0.119. The Morgan fingerprint density at radius 3 is 2.52 bits per heavy atom. The van der Waals surface area contributed by atoms with Crippen molar-refractivity contribution < 1.29 is 27.5 Å². The van der Waals surface area contributed by atoms with Gasteiger partial charge in [0.25, 0.3) is 5.91 Å². The van der Waals surface area contributed by atoms with Gasteiger partial charge in [0.05, 0.1) is 6.54 Å². The third-order valence-electron chi connectivity index (χ3n) is 4.57. The standard InChI is InChI=1S/C17H19F3N6O3/c1-3-4-9-26-13(22-23-24-26)10-25-14(27)16(2,21-15(25)28)11-5-7-12(8-6-11)29-17(18,19)20/h5-8H,3-4,9-10H2,1-2H3,(H,21,28). The summed E-state index contributed by atoms with van der Waals surface area (Å²) in [5, 5.41) is 13.9. The number of hydrogen-bond donors (Lipinski definition) is 1. The molecule has 0 saturated carbocycles. The van der Waals surface area contributed by atoms with Crippen molar-refractivity contribution in [3.05, 3.63) is 35.7 Å². The number of rotatable bonds is 7. The van der Waals surface area contributed by atoms with Crippen molar-refractivity contribution in [2.24, 2.45) is 0 Å². The highest BCUT2D eigenvalue weighted by Crippen LogP contribution is 2.31. The zero-order valence-corrected chi connectivity index (χ0v) is 15.7. The summed E-state index contributed by atoms with van der Waals surface area (Å²) in [4.78, 5) is 26.4. The zero-order chi connectivity index (χ0) is 21.2. The first kappa shape index (κ1) is 20.6.